The monoisotopic (exact) mass is 292 g/mol. The molecule has 0 N–H and O–H groups in total. The fourth-order valence-corrected chi connectivity index (χ4v) is 3.65. The maximum atomic E-state index is 12.7. The van der Waals surface area contributed by atoms with Gasteiger partial charge in [-0.05, 0) is 38.5 Å². The van der Waals surface area contributed by atoms with Crippen molar-refractivity contribution in [1.82, 2.24) is 19.6 Å². The summed E-state index contributed by atoms with van der Waals surface area (Å²) in [5.74, 6) is 0.235. The Balaban J connectivity index is 2.30. The van der Waals surface area contributed by atoms with Gasteiger partial charge < -0.3 is 4.52 Å². The van der Waals surface area contributed by atoms with Crippen LogP contribution in [0.5, 0.6) is 0 Å². The van der Waals surface area contributed by atoms with Crippen molar-refractivity contribution in [3.8, 4) is 0 Å². The minimum absolute atomic E-state index is 0.0323. The molecule has 1 aromatic carbocycles. The Bertz CT molecular complexity index is 889. The van der Waals surface area contributed by atoms with Crippen LogP contribution in [-0.2, 0) is 10.0 Å². The number of hydrogen-bond donors (Lipinski definition) is 0. The van der Waals surface area contributed by atoms with Crippen LogP contribution in [0.3, 0.4) is 0 Å². The van der Waals surface area contributed by atoms with Crippen LogP contribution < -0.4 is 0 Å². The fourth-order valence-electron chi connectivity index (χ4n) is 2.12. The van der Waals surface area contributed by atoms with Crippen molar-refractivity contribution < 1.29 is 12.9 Å². The zero-order valence-corrected chi connectivity index (χ0v) is 12.0. The number of aromatic nitrogens is 4. The Morgan fingerprint density at radius 3 is 2.60 bits per heavy atom. The summed E-state index contributed by atoms with van der Waals surface area (Å²) in [7, 11) is -3.87. The van der Waals surface area contributed by atoms with Crippen molar-refractivity contribution in [3.63, 3.8) is 0 Å². The van der Waals surface area contributed by atoms with Gasteiger partial charge in [0.25, 0.3) is 10.0 Å². The molecule has 0 fully saturated rings. The maximum Gasteiger partial charge on any atom is 0.290 e. The van der Waals surface area contributed by atoms with E-state index in [1.165, 1.54) is 0 Å². The molecule has 104 valence electrons. The lowest BCUT2D eigenvalue weighted by molar-refractivity contribution is 0.390. The number of aryl methyl sites for hydroxylation is 3. The molecule has 0 spiro atoms. The van der Waals surface area contributed by atoms with E-state index < -0.39 is 10.0 Å². The highest BCUT2D eigenvalue weighted by Crippen LogP contribution is 2.24. The summed E-state index contributed by atoms with van der Waals surface area (Å²) in [5, 5.41) is 11.3. The van der Waals surface area contributed by atoms with Crippen LogP contribution in [0.4, 0.5) is 0 Å². The lowest BCUT2D eigenvalue weighted by Gasteiger charge is -2.03. The van der Waals surface area contributed by atoms with Gasteiger partial charge in [0.1, 0.15) is 16.7 Å². The number of benzene rings is 1. The largest absolute Gasteiger partial charge is 0.360 e. The SMILES string of the molecule is Cc1ccc2c(c1)nnn2S(=O)(=O)c1c(C)noc1C. The van der Waals surface area contributed by atoms with Crippen molar-refractivity contribution in [3.05, 3.63) is 35.2 Å². The van der Waals surface area contributed by atoms with Gasteiger partial charge in [-0.2, -0.15) is 8.42 Å². The molecule has 0 saturated carbocycles. The molecule has 20 heavy (non-hydrogen) atoms. The standard InChI is InChI=1S/C12H12N4O3S/c1-7-4-5-11-10(6-7)13-15-16(11)20(17,18)12-8(2)14-19-9(12)3/h4-6H,1-3H3. The molecule has 0 amide bonds. The molecule has 8 heteroatoms. The molecule has 3 rings (SSSR count). The van der Waals surface area contributed by atoms with Crippen molar-refractivity contribution in [2.24, 2.45) is 0 Å². The first-order valence-corrected chi connectivity index (χ1v) is 7.36. The molecule has 2 heterocycles. The first-order valence-electron chi connectivity index (χ1n) is 5.92. The van der Waals surface area contributed by atoms with E-state index in [1.54, 1.807) is 26.0 Å². The Hall–Kier alpha value is -2.22. The van der Waals surface area contributed by atoms with Gasteiger partial charge in [0, 0.05) is 0 Å². The van der Waals surface area contributed by atoms with Gasteiger partial charge in [-0.3, -0.25) is 0 Å². The number of nitrogens with zero attached hydrogens (tertiary/aromatic N) is 4. The summed E-state index contributed by atoms with van der Waals surface area (Å²) in [5.41, 5.74) is 2.24. The van der Waals surface area contributed by atoms with Crippen LogP contribution in [0, 0.1) is 20.8 Å². The molecule has 0 radical (unpaired) electrons. The van der Waals surface area contributed by atoms with Gasteiger partial charge in [0.05, 0.1) is 0 Å². The molecule has 0 aliphatic heterocycles. The minimum atomic E-state index is -3.87. The van der Waals surface area contributed by atoms with E-state index >= 15 is 0 Å². The predicted octanol–water partition coefficient (Wildman–Crippen LogP) is 1.58. The predicted molar refractivity (Wildman–Crippen MR) is 70.8 cm³/mol. The van der Waals surface area contributed by atoms with E-state index in [-0.39, 0.29) is 10.7 Å². The van der Waals surface area contributed by atoms with Crippen LogP contribution in [0.15, 0.2) is 27.6 Å². The third-order valence-electron chi connectivity index (χ3n) is 3.02. The van der Waals surface area contributed by atoms with Crippen LogP contribution in [0.2, 0.25) is 0 Å². The second-order valence-corrected chi connectivity index (χ2v) is 6.29. The average Bonchev–Trinajstić information content (AvgIpc) is 2.93. The zero-order valence-electron chi connectivity index (χ0n) is 11.2. The zero-order chi connectivity index (χ0) is 14.5. The van der Waals surface area contributed by atoms with E-state index in [0.29, 0.717) is 16.7 Å². The van der Waals surface area contributed by atoms with Crippen LogP contribution in [0.25, 0.3) is 11.0 Å². The van der Waals surface area contributed by atoms with Gasteiger partial charge in [-0.25, -0.2) is 0 Å². The fraction of sp³-hybridized carbons (Fsp3) is 0.250. The minimum Gasteiger partial charge on any atom is -0.360 e. The molecular formula is C12H12N4O3S. The lowest BCUT2D eigenvalue weighted by atomic mass is 10.2. The lowest BCUT2D eigenvalue weighted by Crippen LogP contribution is -2.16. The van der Waals surface area contributed by atoms with E-state index in [2.05, 4.69) is 15.5 Å². The molecule has 0 aliphatic rings. The highest BCUT2D eigenvalue weighted by atomic mass is 32.2. The van der Waals surface area contributed by atoms with Gasteiger partial charge in [-0.15, -0.1) is 9.19 Å². The summed E-state index contributed by atoms with van der Waals surface area (Å²) in [6.45, 7) is 5.03. The quantitative estimate of drug-likeness (QED) is 0.712. The number of hydrogen-bond acceptors (Lipinski definition) is 6. The Morgan fingerprint density at radius 2 is 1.95 bits per heavy atom. The van der Waals surface area contributed by atoms with Crippen LogP contribution in [0.1, 0.15) is 17.0 Å². The van der Waals surface area contributed by atoms with Crippen LogP contribution >= 0.6 is 0 Å². The smallest absolute Gasteiger partial charge is 0.290 e. The molecule has 3 aromatic rings. The summed E-state index contributed by atoms with van der Waals surface area (Å²) < 4.78 is 31.1. The van der Waals surface area contributed by atoms with E-state index in [0.717, 1.165) is 9.65 Å². The summed E-state index contributed by atoms with van der Waals surface area (Å²) >= 11 is 0. The topological polar surface area (TPSA) is 90.9 Å². The third-order valence-corrected chi connectivity index (χ3v) is 4.85. The third kappa shape index (κ3) is 1.72. The summed E-state index contributed by atoms with van der Waals surface area (Å²) in [6.07, 6.45) is 0. The molecule has 0 unspecified atom stereocenters. The first-order chi connectivity index (χ1) is 9.41. The average molecular weight is 292 g/mol. The first kappa shape index (κ1) is 12.8. The van der Waals surface area contributed by atoms with Gasteiger partial charge in [0.15, 0.2) is 10.7 Å². The maximum absolute atomic E-state index is 12.7. The summed E-state index contributed by atoms with van der Waals surface area (Å²) in [6, 6.07) is 5.27. The second-order valence-electron chi connectivity index (χ2n) is 4.58. The summed E-state index contributed by atoms with van der Waals surface area (Å²) in [4.78, 5) is 0.0323. The van der Waals surface area contributed by atoms with Crippen molar-refractivity contribution in [2.45, 2.75) is 25.7 Å². The van der Waals surface area contributed by atoms with E-state index in [1.807, 2.05) is 13.0 Å². The Morgan fingerprint density at radius 1 is 1.20 bits per heavy atom. The highest BCUT2D eigenvalue weighted by Gasteiger charge is 2.28. The molecule has 0 atom stereocenters. The Labute approximate surface area is 115 Å². The molecule has 0 bridgehead atoms. The van der Waals surface area contributed by atoms with Crippen molar-refractivity contribution >= 4 is 21.1 Å². The van der Waals surface area contributed by atoms with Gasteiger partial charge in [-0.1, -0.05) is 16.4 Å². The van der Waals surface area contributed by atoms with Gasteiger partial charge >= 0.3 is 0 Å². The normalized spacial score (nSPS) is 12.2. The number of fused-ring (bicyclic) bond motifs is 1. The van der Waals surface area contributed by atoms with Crippen molar-refractivity contribution in [1.29, 1.82) is 0 Å². The van der Waals surface area contributed by atoms with Gasteiger partial charge in [0.2, 0.25) is 0 Å². The second kappa shape index (κ2) is 4.14. The van der Waals surface area contributed by atoms with E-state index in [9.17, 15) is 8.42 Å². The van der Waals surface area contributed by atoms with E-state index in [4.69, 9.17) is 4.52 Å². The molecule has 2 aromatic heterocycles. The Kier molecular flexibility index (Phi) is 2.65. The molecule has 7 nitrogen and oxygen atoms in total. The highest BCUT2D eigenvalue weighted by molar-refractivity contribution is 7.90. The van der Waals surface area contributed by atoms with Crippen molar-refractivity contribution in [2.75, 3.05) is 0 Å². The molecular weight excluding hydrogens is 280 g/mol. The number of rotatable bonds is 2. The van der Waals surface area contributed by atoms with Crippen LogP contribution in [-0.4, -0.2) is 28.0 Å². The molecule has 0 saturated heterocycles. The molecule has 0 aliphatic carbocycles.